The second-order valence-corrected chi connectivity index (χ2v) is 4.50. The molecule has 0 aliphatic carbocycles. The van der Waals surface area contributed by atoms with Gasteiger partial charge in [-0.05, 0) is 11.6 Å². The van der Waals surface area contributed by atoms with Crippen molar-refractivity contribution in [2.24, 2.45) is 0 Å². The van der Waals surface area contributed by atoms with Crippen molar-refractivity contribution in [1.82, 2.24) is 0 Å². The number of nitrogens with zero attached hydrogens (tertiary/aromatic N) is 1. The van der Waals surface area contributed by atoms with E-state index in [4.69, 9.17) is 4.74 Å². The molecule has 0 spiro atoms. The van der Waals surface area contributed by atoms with E-state index in [1.807, 2.05) is 7.05 Å². The molecule has 0 atom stereocenters. The Morgan fingerprint density at radius 3 is 2.88 bits per heavy atom. The monoisotopic (exact) mass is 256 g/mol. The van der Waals surface area contributed by atoms with Crippen molar-refractivity contribution < 1.29 is 9.66 Å². The number of rotatable bonds is 7. The number of nitro groups is 1. The van der Waals surface area contributed by atoms with Gasteiger partial charge < -0.3 is 10.1 Å². The first-order chi connectivity index (χ1) is 8.19. The normalized spacial score (nSPS) is 10.2. The highest BCUT2D eigenvalue weighted by atomic mass is 32.2. The lowest BCUT2D eigenvalue weighted by Gasteiger charge is -2.08. The SMILES string of the molecule is CNc1ccc([N+](=O)[O-])cc1CSCCOC. The van der Waals surface area contributed by atoms with Gasteiger partial charge in [0.15, 0.2) is 0 Å². The van der Waals surface area contributed by atoms with Crippen molar-refractivity contribution in [3.05, 3.63) is 33.9 Å². The maximum absolute atomic E-state index is 10.7. The molecular weight excluding hydrogens is 240 g/mol. The Bertz CT molecular complexity index is 385. The van der Waals surface area contributed by atoms with Crippen LogP contribution in [0.4, 0.5) is 11.4 Å². The molecule has 0 aromatic heterocycles. The van der Waals surface area contributed by atoms with E-state index in [0.717, 1.165) is 22.8 Å². The molecule has 5 nitrogen and oxygen atoms in total. The van der Waals surface area contributed by atoms with Gasteiger partial charge >= 0.3 is 0 Å². The molecule has 0 aliphatic heterocycles. The molecular formula is C11H16N2O3S. The molecule has 1 aromatic rings. The van der Waals surface area contributed by atoms with Crippen LogP contribution in [0, 0.1) is 10.1 Å². The number of methoxy groups -OCH3 is 1. The van der Waals surface area contributed by atoms with Crippen molar-refractivity contribution in [3.8, 4) is 0 Å². The van der Waals surface area contributed by atoms with Gasteiger partial charge in [0.1, 0.15) is 0 Å². The van der Waals surface area contributed by atoms with Crippen LogP contribution < -0.4 is 5.32 Å². The third kappa shape index (κ3) is 4.24. The Morgan fingerprint density at radius 1 is 1.53 bits per heavy atom. The summed E-state index contributed by atoms with van der Waals surface area (Å²) in [6, 6.07) is 4.87. The second kappa shape index (κ2) is 7.13. The van der Waals surface area contributed by atoms with Crippen LogP contribution >= 0.6 is 11.8 Å². The summed E-state index contributed by atoms with van der Waals surface area (Å²) in [5.74, 6) is 1.61. The molecule has 0 aliphatic rings. The number of nitro benzene ring substituents is 1. The summed E-state index contributed by atoms with van der Waals surface area (Å²) in [6.07, 6.45) is 0. The van der Waals surface area contributed by atoms with E-state index in [0.29, 0.717) is 6.61 Å². The first-order valence-corrected chi connectivity index (χ1v) is 6.36. The Balaban J connectivity index is 2.72. The summed E-state index contributed by atoms with van der Waals surface area (Å²) < 4.78 is 4.95. The number of thioether (sulfide) groups is 1. The lowest BCUT2D eigenvalue weighted by Crippen LogP contribution is -1.98. The van der Waals surface area contributed by atoms with Crippen LogP contribution in [0.3, 0.4) is 0 Å². The quantitative estimate of drug-likeness (QED) is 0.461. The van der Waals surface area contributed by atoms with Gasteiger partial charge in [-0.15, -0.1) is 0 Å². The third-order valence-electron chi connectivity index (χ3n) is 2.26. The summed E-state index contributed by atoms with van der Waals surface area (Å²) in [6.45, 7) is 0.689. The van der Waals surface area contributed by atoms with Crippen molar-refractivity contribution in [3.63, 3.8) is 0 Å². The number of hydrogen-bond acceptors (Lipinski definition) is 5. The predicted octanol–water partition coefficient (Wildman–Crippen LogP) is 2.52. The number of benzene rings is 1. The highest BCUT2D eigenvalue weighted by molar-refractivity contribution is 7.98. The van der Waals surface area contributed by atoms with E-state index < -0.39 is 0 Å². The molecule has 0 heterocycles. The van der Waals surface area contributed by atoms with Gasteiger partial charge in [-0.2, -0.15) is 11.8 Å². The minimum atomic E-state index is -0.372. The van der Waals surface area contributed by atoms with Gasteiger partial charge in [-0.25, -0.2) is 0 Å². The zero-order valence-corrected chi connectivity index (χ0v) is 10.8. The van der Waals surface area contributed by atoms with Gasteiger partial charge in [0, 0.05) is 43.5 Å². The predicted molar refractivity (Wildman–Crippen MR) is 70.7 cm³/mol. The Hall–Kier alpha value is -1.27. The maximum atomic E-state index is 10.7. The van der Waals surface area contributed by atoms with E-state index in [1.165, 1.54) is 6.07 Å². The van der Waals surface area contributed by atoms with Crippen molar-refractivity contribution >= 4 is 23.1 Å². The minimum Gasteiger partial charge on any atom is -0.388 e. The third-order valence-corrected chi connectivity index (χ3v) is 3.23. The topological polar surface area (TPSA) is 64.4 Å². The largest absolute Gasteiger partial charge is 0.388 e. The maximum Gasteiger partial charge on any atom is 0.269 e. The van der Waals surface area contributed by atoms with Crippen LogP contribution in [-0.2, 0) is 10.5 Å². The van der Waals surface area contributed by atoms with Crippen molar-refractivity contribution in [2.75, 3.05) is 31.8 Å². The van der Waals surface area contributed by atoms with Gasteiger partial charge in [-0.1, -0.05) is 0 Å². The fourth-order valence-electron chi connectivity index (χ4n) is 1.38. The lowest BCUT2D eigenvalue weighted by atomic mass is 10.2. The summed E-state index contributed by atoms with van der Waals surface area (Å²) in [5.41, 5.74) is 2.01. The van der Waals surface area contributed by atoms with Gasteiger partial charge in [0.2, 0.25) is 0 Å². The van der Waals surface area contributed by atoms with Gasteiger partial charge in [0.25, 0.3) is 5.69 Å². The van der Waals surface area contributed by atoms with E-state index >= 15 is 0 Å². The Kier molecular flexibility index (Phi) is 5.79. The summed E-state index contributed by atoms with van der Waals surface area (Å²) in [4.78, 5) is 10.3. The van der Waals surface area contributed by atoms with Gasteiger partial charge in [-0.3, -0.25) is 10.1 Å². The number of ether oxygens (including phenoxy) is 1. The molecule has 0 bridgehead atoms. The molecule has 0 radical (unpaired) electrons. The van der Waals surface area contributed by atoms with Gasteiger partial charge in [0.05, 0.1) is 11.5 Å². The molecule has 1 rings (SSSR count). The molecule has 0 unspecified atom stereocenters. The van der Waals surface area contributed by atoms with Crippen LogP contribution in [-0.4, -0.2) is 31.4 Å². The number of nitrogens with one attached hydrogen (secondary N) is 1. The first kappa shape index (κ1) is 13.8. The molecule has 6 heteroatoms. The average molecular weight is 256 g/mol. The van der Waals surface area contributed by atoms with Crippen LogP contribution in [0.25, 0.3) is 0 Å². The van der Waals surface area contributed by atoms with Crippen molar-refractivity contribution in [1.29, 1.82) is 0 Å². The first-order valence-electron chi connectivity index (χ1n) is 5.20. The fourth-order valence-corrected chi connectivity index (χ4v) is 2.27. The lowest BCUT2D eigenvalue weighted by molar-refractivity contribution is -0.384. The molecule has 0 saturated heterocycles. The van der Waals surface area contributed by atoms with Crippen LogP contribution in [0.5, 0.6) is 0 Å². The van der Waals surface area contributed by atoms with E-state index in [1.54, 1.807) is 31.0 Å². The molecule has 0 saturated carbocycles. The number of hydrogen-bond donors (Lipinski definition) is 1. The van der Waals surface area contributed by atoms with E-state index in [-0.39, 0.29) is 10.6 Å². The van der Waals surface area contributed by atoms with E-state index in [2.05, 4.69) is 5.32 Å². The molecule has 94 valence electrons. The van der Waals surface area contributed by atoms with E-state index in [9.17, 15) is 10.1 Å². The number of anilines is 1. The zero-order valence-electron chi connectivity index (χ0n) is 9.93. The molecule has 0 amide bonds. The molecule has 1 N–H and O–H groups in total. The van der Waals surface area contributed by atoms with Crippen LogP contribution in [0.15, 0.2) is 18.2 Å². The number of non-ortho nitro benzene ring substituents is 1. The Morgan fingerprint density at radius 2 is 2.29 bits per heavy atom. The summed E-state index contributed by atoms with van der Waals surface area (Å²) >= 11 is 1.69. The van der Waals surface area contributed by atoms with Crippen LogP contribution in [0.1, 0.15) is 5.56 Å². The highest BCUT2D eigenvalue weighted by Crippen LogP contribution is 2.25. The molecule has 1 aromatic carbocycles. The van der Waals surface area contributed by atoms with Crippen LogP contribution in [0.2, 0.25) is 0 Å². The summed E-state index contributed by atoms with van der Waals surface area (Å²) in [5, 5.41) is 13.7. The average Bonchev–Trinajstić information content (AvgIpc) is 2.34. The minimum absolute atomic E-state index is 0.131. The smallest absolute Gasteiger partial charge is 0.269 e. The zero-order chi connectivity index (χ0) is 12.7. The van der Waals surface area contributed by atoms with Crippen molar-refractivity contribution in [2.45, 2.75) is 5.75 Å². The second-order valence-electron chi connectivity index (χ2n) is 3.39. The Labute approximate surface area is 105 Å². The summed E-state index contributed by atoms with van der Waals surface area (Å²) in [7, 11) is 3.47. The standard InChI is InChI=1S/C11H16N2O3S/c1-12-11-4-3-10(13(14)15)7-9(11)8-17-6-5-16-2/h3-4,7,12H,5-6,8H2,1-2H3. The molecule has 17 heavy (non-hydrogen) atoms. The highest BCUT2D eigenvalue weighted by Gasteiger charge is 2.09. The molecule has 0 fully saturated rings. The fraction of sp³-hybridized carbons (Fsp3) is 0.455.